The first-order valence-corrected chi connectivity index (χ1v) is 11.8. The van der Waals surface area contributed by atoms with Crippen molar-refractivity contribution in [3.05, 3.63) is 53.1 Å². The molecule has 33 heavy (non-hydrogen) atoms. The van der Waals surface area contributed by atoms with E-state index in [-0.39, 0.29) is 30.7 Å². The summed E-state index contributed by atoms with van der Waals surface area (Å²) in [6, 6.07) is 7.54. The highest BCUT2D eigenvalue weighted by Gasteiger charge is 2.39. The molecule has 2 aliphatic rings. The second-order valence-electron chi connectivity index (χ2n) is 9.15. The molecule has 1 aromatic carbocycles. The molecule has 0 spiro atoms. The van der Waals surface area contributed by atoms with Crippen molar-refractivity contribution < 1.29 is 19.5 Å². The van der Waals surface area contributed by atoms with E-state index in [0.29, 0.717) is 19.5 Å². The fourth-order valence-corrected chi connectivity index (χ4v) is 4.93. The SMILES string of the molecule is Cc1ccccc1Cn1cnc2c1CN(C(=O)C1CCCCC1)C(C(=O)NCCC(=O)O)C2. The average Bonchev–Trinajstić information content (AvgIpc) is 3.21. The van der Waals surface area contributed by atoms with Gasteiger partial charge in [-0.15, -0.1) is 0 Å². The lowest BCUT2D eigenvalue weighted by Crippen LogP contribution is -2.54. The van der Waals surface area contributed by atoms with E-state index in [1.807, 2.05) is 12.1 Å². The Morgan fingerprint density at radius 3 is 2.64 bits per heavy atom. The average molecular weight is 453 g/mol. The van der Waals surface area contributed by atoms with E-state index in [0.717, 1.165) is 43.5 Å². The molecule has 1 aromatic heterocycles. The summed E-state index contributed by atoms with van der Waals surface area (Å²) >= 11 is 0. The van der Waals surface area contributed by atoms with Crippen LogP contribution in [0.2, 0.25) is 0 Å². The number of hydrogen-bond acceptors (Lipinski definition) is 4. The van der Waals surface area contributed by atoms with Gasteiger partial charge in [0.25, 0.3) is 0 Å². The van der Waals surface area contributed by atoms with Gasteiger partial charge in [-0.05, 0) is 30.9 Å². The topological polar surface area (TPSA) is 105 Å². The molecular weight excluding hydrogens is 420 g/mol. The van der Waals surface area contributed by atoms with Gasteiger partial charge in [-0.25, -0.2) is 4.98 Å². The number of hydrogen-bond donors (Lipinski definition) is 2. The van der Waals surface area contributed by atoms with Gasteiger partial charge in [0.1, 0.15) is 6.04 Å². The minimum Gasteiger partial charge on any atom is -0.481 e. The van der Waals surface area contributed by atoms with Crippen LogP contribution in [0.15, 0.2) is 30.6 Å². The molecule has 0 bridgehead atoms. The number of rotatable bonds is 7. The van der Waals surface area contributed by atoms with Gasteiger partial charge in [-0.1, -0.05) is 43.5 Å². The zero-order valence-corrected chi connectivity index (χ0v) is 19.1. The van der Waals surface area contributed by atoms with Gasteiger partial charge >= 0.3 is 5.97 Å². The number of carbonyl (C=O) groups is 3. The summed E-state index contributed by atoms with van der Waals surface area (Å²) in [6.07, 6.45) is 6.93. The summed E-state index contributed by atoms with van der Waals surface area (Å²) in [4.78, 5) is 43.7. The molecule has 8 heteroatoms. The van der Waals surface area contributed by atoms with Crippen LogP contribution < -0.4 is 5.32 Å². The molecule has 1 saturated carbocycles. The second-order valence-corrected chi connectivity index (χ2v) is 9.15. The third-order valence-corrected chi connectivity index (χ3v) is 6.90. The van der Waals surface area contributed by atoms with Crippen LogP contribution in [0.25, 0.3) is 0 Å². The number of aromatic nitrogens is 2. The van der Waals surface area contributed by atoms with Crippen molar-refractivity contribution in [3.63, 3.8) is 0 Å². The van der Waals surface area contributed by atoms with E-state index in [2.05, 4.69) is 33.9 Å². The molecule has 2 heterocycles. The molecule has 1 aliphatic heterocycles. The zero-order chi connectivity index (χ0) is 23.4. The van der Waals surface area contributed by atoms with Crippen LogP contribution in [-0.2, 0) is 33.9 Å². The fraction of sp³-hybridized carbons (Fsp3) is 0.520. The molecule has 2 N–H and O–H groups in total. The predicted octanol–water partition coefficient (Wildman–Crippen LogP) is 2.66. The number of carboxylic acids is 1. The van der Waals surface area contributed by atoms with Crippen molar-refractivity contribution in [2.75, 3.05) is 6.54 Å². The van der Waals surface area contributed by atoms with Crippen LogP contribution in [-0.4, -0.2) is 49.9 Å². The summed E-state index contributed by atoms with van der Waals surface area (Å²) in [5, 5.41) is 11.6. The highest BCUT2D eigenvalue weighted by molar-refractivity contribution is 5.89. The minimum atomic E-state index is -0.966. The number of amides is 2. The minimum absolute atomic E-state index is 0.0300. The summed E-state index contributed by atoms with van der Waals surface area (Å²) in [6.45, 7) is 3.13. The number of carbonyl (C=O) groups excluding carboxylic acids is 2. The fourth-order valence-electron chi connectivity index (χ4n) is 4.93. The van der Waals surface area contributed by atoms with Gasteiger partial charge in [-0.2, -0.15) is 0 Å². The number of nitrogens with one attached hydrogen (secondary N) is 1. The molecule has 0 saturated heterocycles. The van der Waals surface area contributed by atoms with Crippen LogP contribution in [0.1, 0.15) is 61.0 Å². The Morgan fingerprint density at radius 2 is 1.91 bits per heavy atom. The normalized spacial score (nSPS) is 18.6. The van der Waals surface area contributed by atoms with Crippen molar-refractivity contribution in [1.29, 1.82) is 0 Å². The smallest absolute Gasteiger partial charge is 0.305 e. The maximum atomic E-state index is 13.5. The zero-order valence-electron chi connectivity index (χ0n) is 19.1. The Kier molecular flexibility index (Phi) is 7.11. The summed E-state index contributed by atoms with van der Waals surface area (Å²) in [5.74, 6) is -1.30. The molecular formula is C25H32N4O4. The Balaban J connectivity index is 1.58. The highest BCUT2D eigenvalue weighted by Crippen LogP contribution is 2.30. The van der Waals surface area contributed by atoms with Gasteiger partial charge in [-0.3, -0.25) is 14.4 Å². The summed E-state index contributed by atoms with van der Waals surface area (Å²) < 4.78 is 2.08. The molecule has 1 aliphatic carbocycles. The Labute approximate surface area is 194 Å². The van der Waals surface area contributed by atoms with Gasteiger partial charge in [0.15, 0.2) is 0 Å². The number of nitrogens with zero attached hydrogens (tertiary/aromatic N) is 3. The van der Waals surface area contributed by atoms with Gasteiger partial charge in [0.2, 0.25) is 11.8 Å². The quantitative estimate of drug-likeness (QED) is 0.672. The lowest BCUT2D eigenvalue weighted by atomic mass is 9.87. The van der Waals surface area contributed by atoms with Crippen LogP contribution in [0, 0.1) is 12.8 Å². The Bertz CT molecular complexity index is 1030. The Morgan fingerprint density at radius 1 is 1.15 bits per heavy atom. The predicted molar refractivity (Wildman–Crippen MR) is 122 cm³/mol. The first-order valence-electron chi connectivity index (χ1n) is 11.8. The number of imidazole rings is 1. The van der Waals surface area contributed by atoms with Gasteiger partial charge < -0.3 is 19.9 Å². The van der Waals surface area contributed by atoms with Crippen molar-refractivity contribution in [3.8, 4) is 0 Å². The lowest BCUT2D eigenvalue weighted by molar-refractivity contribution is -0.146. The molecule has 0 radical (unpaired) electrons. The molecule has 1 fully saturated rings. The first kappa shape index (κ1) is 23.0. The Hall–Kier alpha value is -3.16. The number of aryl methyl sites for hydroxylation is 1. The van der Waals surface area contributed by atoms with Crippen LogP contribution in [0.5, 0.6) is 0 Å². The van der Waals surface area contributed by atoms with Gasteiger partial charge in [0.05, 0.1) is 30.7 Å². The number of benzene rings is 1. The lowest BCUT2D eigenvalue weighted by Gasteiger charge is -2.37. The number of aliphatic carboxylic acids is 1. The van der Waals surface area contributed by atoms with Crippen LogP contribution >= 0.6 is 0 Å². The van der Waals surface area contributed by atoms with Crippen molar-refractivity contribution in [2.24, 2.45) is 5.92 Å². The van der Waals surface area contributed by atoms with Crippen molar-refractivity contribution in [2.45, 2.75) is 71.0 Å². The van der Waals surface area contributed by atoms with Gasteiger partial charge in [0, 0.05) is 25.4 Å². The van der Waals surface area contributed by atoms with E-state index in [4.69, 9.17) is 5.11 Å². The molecule has 2 amide bonds. The maximum absolute atomic E-state index is 13.5. The van der Waals surface area contributed by atoms with Crippen LogP contribution in [0.3, 0.4) is 0 Å². The van der Waals surface area contributed by atoms with E-state index in [1.165, 1.54) is 11.1 Å². The second kappa shape index (κ2) is 10.2. The van der Waals surface area contributed by atoms with Crippen LogP contribution in [0.4, 0.5) is 0 Å². The molecule has 1 atom stereocenters. The maximum Gasteiger partial charge on any atom is 0.305 e. The monoisotopic (exact) mass is 452 g/mol. The van der Waals surface area contributed by atoms with Crippen molar-refractivity contribution >= 4 is 17.8 Å². The molecule has 2 aromatic rings. The molecule has 8 nitrogen and oxygen atoms in total. The summed E-state index contributed by atoms with van der Waals surface area (Å²) in [7, 11) is 0. The largest absolute Gasteiger partial charge is 0.481 e. The molecule has 1 unspecified atom stereocenters. The van der Waals surface area contributed by atoms with E-state index in [9.17, 15) is 14.4 Å². The van der Waals surface area contributed by atoms with E-state index >= 15 is 0 Å². The third-order valence-electron chi connectivity index (χ3n) is 6.90. The molecule has 176 valence electrons. The van der Waals surface area contributed by atoms with E-state index < -0.39 is 12.0 Å². The number of fused-ring (bicyclic) bond motifs is 1. The highest BCUT2D eigenvalue weighted by atomic mass is 16.4. The number of carboxylic acid groups (broad SMARTS) is 1. The first-order chi connectivity index (χ1) is 15.9. The third kappa shape index (κ3) is 5.26. The standard InChI is InChI=1S/C25H32N4O4/c1-17-7-5-6-10-19(17)14-28-16-27-20-13-21(24(32)26-12-11-23(30)31)29(15-22(20)28)25(33)18-8-3-2-4-9-18/h5-7,10,16,18,21H,2-4,8-9,11-15H2,1H3,(H,26,32)(H,30,31). The summed E-state index contributed by atoms with van der Waals surface area (Å²) in [5.41, 5.74) is 4.18. The molecule has 4 rings (SSSR count). The van der Waals surface area contributed by atoms with Crippen molar-refractivity contribution in [1.82, 2.24) is 19.8 Å². The van der Waals surface area contributed by atoms with E-state index in [1.54, 1.807) is 11.2 Å².